The summed E-state index contributed by atoms with van der Waals surface area (Å²) in [7, 11) is 1.77. The molecule has 2 aliphatic heterocycles. The Morgan fingerprint density at radius 3 is 2.87 bits per heavy atom. The maximum absolute atomic E-state index is 14.0. The lowest BCUT2D eigenvalue weighted by atomic mass is 9.92. The van der Waals surface area contributed by atoms with Crippen LogP contribution in [0.5, 0.6) is 5.75 Å². The number of ether oxygens (including phenoxy) is 1. The minimum Gasteiger partial charge on any atom is -0.479 e. The summed E-state index contributed by atoms with van der Waals surface area (Å²) in [5.74, 6) is 0.361. The molecule has 1 aromatic heterocycles. The number of benzene rings is 2. The van der Waals surface area contributed by atoms with Gasteiger partial charge in [-0.2, -0.15) is 5.10 Å². The number of aryl methyl sites for hydroxylation is 2. The van der Waals surface area contributed by atoms with E-state index in [1.165, 1.54) is 0 Å². The normalized spacial score (nSPS) is 15.5. The number of para-hydroxylation sites is 1. The zero-order chi connectivity index (χ0) is 20.8. The fourth-order valence-corrected chi connectivity index (χ4v) is 4.20. The van der Waals surface area contributed by atoms with Crippen molar-refractivity contribution in [3.63, 3.8) is 0 Å². The van der Waals surface area contributed by atoms with E-state index < -0.39 is 6.43 Å². The highest BCUT2D eigenvalue weighted by molar-refractivity contribution is 5.97. The van der Waals surface area contributed by atoms with Crippen LogP contribution < -0.4 is 15.0 Å². The number of hydrogen-bond acceptors (Lipinski definition) is 4. The highest BCUT2D eigenvalue weighted by Crippen LogP contribution is 2.45. The molecule has 1 N–H and O–H groups in total. The number of rotatable bonds is 3. The van der Waals surface area contributed by atoms with Gasteiger partial charge in [0.05, 0.1) is 17.6 Å². The third kappa shape index (κ3) is 3.08. The smallest absolute Gasteiger partial charge is 0.264 e. The lowest BCUT2D eigenvalue weighted by molar-refractivity contribution is -0.118. The number of fused-ring (bicyclic) bond motifs is 2. The Morgan fingerprint density at radius 1 is 1.23 bits per heavy atom. The number of halogens is 2. The molecular weight excluding hydrogens is 390 g/mol. The van der Waals surface area contributed by atoms with Gasteiger partial charge >= 0.3 is 0 Å². The van der Waals surface area contributed by atoms with Crippen LogP contribution in [0, 0.1) is 0 Å². The van der Waals surface area contributed by atoms with E-state index in [1.54, 1.807) is 36.3 Å². The summed E-state index contributed by atoms with van der Waals surface area (Å²) >= 11 is 0. The first-order valence-corrected chi connectivity index (χ1v) is 9.78. The molecule has 0 fully saturated rings. The standard InChI is InChI=1S/C22H20F2N4O2/c1-27-11-14(10-25-27)15-8-13-4-3-7-28(19(13)9-16(15)22(23)24)18-6-2-5-17-21(18)30-12-20(29)26-17/h2,5-6,8-11,22H,3-4,7,12H2,1H3,(H,26,29). The molecule has 2 aliphatic rings. The number of alkyl halides is 2. The van der Waals surface area contributed by atoms with Crippen molar-refractivity contribution in [3.8, 4) is 16.9 Å². The van der Waals surface area contributed by atoms with Gasteiger partial charge in [-0.05, 0) is 48.2 Å². The van der Waals surface area contributed by atoms with Crippen LogP contribution in [0.15, 0.2) is 42.7 Å². The molecule has 0 aliphatic carbocycles. The molecule has 0 saturated carbocycles. The predicted molar refractivity (Wildman–Crippen MR) is 109 cm³/mol. The van der Waals surface area contributed by atoms with Crippen molar-refractivity contribution in [2.75, 3.05) is 23.4 Å². The Labute approximate surface area is 172 Å². The number of carbonyl (C=O) groups is 1. The molecule has 8 heteroatoms. The molecule has 5 rings (SSSR count). The molecule has 0 spiro atoms. The van der Waals surface area contributed by atoms with Crippen LogP contribution >= 0.6 is 0 Å². The number of carbonyl (C=O) groups excluding carboxylic acids is 1. The SMILES string of the molecule is Cn1cc(-c2cc3c(cc2C(F)F)N(c2cccc4c2OCC(=O)N4)CCC3)cn1. The monoisotopic (exact) mass is 410 g/mol. The second-order valence-electron chi connectivity index (χ2n) is 7.52. The fraction of sp³-hybridized carbons (Fsp3) is 0.273. The van der Waals surface area contributed by atoms with Gasteiger partial charge in [0.15, 0.2) is 12.4 Å². The fourth-order valence-electron chi connectivity index (χ4n) is 4.20. The van der Waals surface area contributed by atoms with E-state index in [1.807, 2.05) is 23.1 Å². The van der Waals surface area contributed by atoms with Crippen molar-refractivity contribution in [2.45, 2.75) is 19.3 Å². The van der Waals surface area contributed by atoms with E-state index in [-0.39, 0.29) is 18.1 Å². The van der Waals surface area contributed by atoms with Crippen LogP contribution in [0.3, 0.4) is 0 Å². The topological polar surface area (TPSA) is 59.4 Å². The minimum absolute atomic E-state index is 0.0207. The third-order valence-corrected chi connectivity index (χ3v) is 5.53. The quantitative estimate of drug-likeness (QED) is 0.694. The van der Waals surface area contributed by atoms with Crippen LogP contribution in [-0.2, 0) is 18.3 Å². The highest BCUT2D eigenvalue weighted by Gasteiger charge is 2.28. The molecule has 2 aromatic carbocycles. The summed E-state index contributed by atoms with van der Waals surface area (Å²) in [6.45, 7) is 0.614. The van der Waals surface area contributed by atoms with Crippen molar-refractivity contribution in [1.29, 1.82) is 0 Å². The van der Waals surface area contributed by atoms with Gasteiger partial charge in [0.2, 0.25) is 0 Å². The molecule has 154 valence electrons. The average Bonchev–Trinajstić information content (AvgIpc) is 3.17. The Bertz CT molecular complexity index is 1140. The van der Waals surface area contributed by atoms with Crippen molar-refractivity contribution in [2.24, 2.45) is 7.05 Å². The summed E-state index contributed by atoms with van der Waals surface area (Å²) in [4.78, 5) is 13.7. The first-order valence-electron chi connectivity index (χ1n) is 9.78. The van der Waals surface area contributed by atoms with Crippen molar-refractivity contribution in [1.82, 2.24) is 9.78 Å². The highest BCUT2D eigenvalue weighted by atomic mass is 19.3. The Morgan fingerprint density at radius 2 is 2.10 bits per heavy atom. The van der Waals surface area contributed by atoms with E-state index in [2.05, 4.69) is 10.4 Å². The number of nitrogens with one attached hydrogen (secondary N) is 1. The number of aromatic nitrogens is 2. The van der Waals surface area contributed by atoms with Crippen molar-refractivity contribution < 1.29 is 18.3 Å². The van der Waals surface area contributed by atoms with Crippen molar-refractivity contribution >= 4 is 23.0 Å². The van der Waals surface area contributed by atoms with Gasteiger partial charge < -0.3 is 15.0 Å². The molecule has 0 atom stereocenters. The van der Waals surface area contributed by atoms with Gasteiger partial charge in [-0.15, -0.1) is 0 Å². The molecule has 30 heavy (non-hydrogen) atoms. The van der Waals surface area contributed by atoms with Crippen LogP contribution in [0.25, 0.3) is 11.1 Å². The van der Waals surface area contributed by atoms with Gasteiger partial charge in [-0.25, -0.2) is 8.78 Å². The predicted octanol–water partition coefficient (Wildman–Crippen LogP) is 4.44. The zero-order valence-electron chi connectivity index (χ0n) is 16.4. The van der Waals surface area contributed by atoms with Crippen LogP contribution in [-0.4, -0.2) is 28.8 Å². The van der Waals surface area contributed by atoms with E-state index in [4.69, 9.17) is 4.74 Å². The molecule has 3 heterocycles. The zero-order valence-corrected chi connectivity index (χ0v) is 16.4. The van der Waals surface area contributed by atoms with E-state index in [0.717, 1.165) is 29.8 Å². The molecule has 0 saturated heterocycles. The lowest BCUT2D eigenvalue weighted by Gasteiger charge is -2.34. The van der Waals surface area contributed by atoms with E-state index >= 15 is 0 Å². The molecule has 6 nitrogen and oxygen atoms in total. The second kappa shape index (κ2) is 7.12. The van der Waals surface area contributed by atoms with Crippen LogP contribution in [0.2, 0.25) is 0 Å². The molecule has 0 unspecified atom stereocenters. The van der Waals surface area contributed by atoms with Crippen LogP contribution in [0.1, 0.15) is 24.0 Å². The summed E-state index contributed by atoms with van der Waals surface area (Å²) in [5, 5.41) is 6.94. The average molecular weight is 410 g/mol. The summed E-state index contributed by atoms with van der Waals surface area (Å²) < 4.78 is 35.3. The molecule has 3 aromatic rings. The van der Waals surface area contributed by atoms with Gasteiger partial charge in [0.25, 0.3) is 12.3 Å². The molecule has 0 bridgehead atoms. The number of nitrogens with zero attached hydrogens (tertiary/aromatic N) is 3. The molecular formula is C22H20F2N4O2. The Hall–Kier alpha value is -3.42. The summed E-state index contributed by atoms with van der Waals surface area (Å²) in [6.07, 6.45) is 2.42. The van der Waals surface area contributed by atoms with E-state index in [0.29, 0.717) is 29.1 Å². The van der Waals surface area contributed by atoms with Gasteiger partial charge in [0, 0.05) is 36.6 Å². The summed E-state index contributed by atoms with van der Waals surface area (Å²) in [6, 6.07) is 8.94. The maximum Gasteiger partial charge on any atom is 0.264 e. The minimum atomic E-state index is -2.62. The summed E-state index contributed by atoms with van der Waals surface area (Å²) in [5.41, 5.74) is 4.28. The number of amides is 1. The first-order chi connectivity index (χ1) is 14.5. The van der Waals surface area contributed by atoms with E-state index in [9.17, 15) is 13.6 Å². The Balaban J connectivity index is 1.64. The largest absolute Gasteiger partial charge is 0.479 e. The van der Waals surface area contributed by atoms with Crippen LogP contribution in [0.4, 0.5) is 25.8 Å². The first kappa shape index (κ1) is 18.6. The van der Waals surface area contributed by atoms with Gasteiger partial charge in [-0.3, -0.25) is 9.48 Å². The molecule has 1 amide bonds. The lowest BCUT2D eigenvalue weighted by Crippen LogP contribution is -2.29. The van der Waals surface area contributed by atoms with Gasteiger partial charge in [-0.1, -0.05) is 6.07 Å². The number of anilines is 3. The van der Waals surface area contributed by atoms with Gasteiger partial charge in [0.1, 0.15) is 0 Å². The number of hydrogen-bond donors (Lipinski definition) is 1. The molecule has 0 radical (unpaired) electrons. The maximum atomic E-state index is 14.0. The third-order valence-electron chi connectivity index (χ3n) is 5.53. The second-order valence-corrected chi connectivity index (χ2v) is 7.52. The van der Waals surface area contributed by atoms with Crippen molar-refractivity contribution in [3.05, 3.63) is 53.9 Å². The Kier molecular flexibility index (Phi) is 4.42.